The van der Waals surface area contributed by atoms with Gasteiger partial charge in [-0.25, -0.2) is 4.68 Å². The van der Waals surface area contributed by atoms with E-state index in [0.29, 0.717) is 48.3 Å². The number of hydrogen-bond acceptors (Lipinski definition) is 6. The number of aryl methyl sites for hydroxylation is 1. The highest BCUT2D eigenvalue weighted by Crippen LogP contribution is 2.35. The highest BCUT2D eigenvalue weighted by Gasteiger charge is 2.31. The molecule has 11 heteroatoms. The number of amides is 1. The van der Waals surface area contributed by atoms with Gasteiger partial charge in [0.2, 0.25) is 0 Å². The molecule has 1 fully saturated rings. The summed E-state index contributed by atoms with van der Waals surface area (Å²) in [5.74, 6) is 0.140. The Morgan fingerprint density at radius 3 is 2.97 bits per heavy atom. The van der Waals surface area contributed by atoms with Crippen molar-refractivity contribution >= 4 is 71.7 Å². The van der Waals surface area contributed by atoms with Gasteiger partial charge in [0.05, 0.1) is 34.2 Å². The molecule has 4 aromatic rings. The number of ether oxygens (including phenoxy) is 1. The number of benzene rings is 1. The minimum atomic E-state index is -0.345. The zero-order valence-electron chi connectivity index (χ0n) is 16.8. The van der Waals surface area contributed by atoms with Crippen LogP contribution in [0.1, 0.15) is 32.8 Å². The van der Waals surface area contributed by atoms with Crippen LogP contribution in [0, 0.1) is 6.92 Å². The summed E-state index contributed by atoms with van der Waals surface area (Å²) in [5.41, 5.74) is 2.08. The van der Waals surface area contributed by atoms with Gasteiger partial charge in [0.1, 0.15) is 17.4 Å². The van der Waals surface area contributed by atoms with Gasteiger partial charge in [0.15, 0.2) is 5.76 Å². The molecule has 4 heterocycles. The summed E-state index contributed by atoms with van der Waals surface area (Å²) in [6, 6.07) is 7.63. The number of nitrogens with zero attached hydrogens (tertiary/aromatic N) is 4. The lowest BCUT2D eigenvalue weighted by molar-refractivity contribution is -0.0256. The van der Waals surface area contributed by atoms with E-state index in [1.54, 1.807) is 27.0 Å². The Balaban J connectivity index is 1.34. The third kappa shape index (κ3) is 4.26. The van der Waals surface area contributed by atoms with Crippen molar-refractivity contribution in [2.24, 2.45) is 0 Å². The molecule has 166 valence electrons. The number of thiophene rings is 1. The fraction of sp³-hybridized carbons (Fsp3) is 0.286. The Morgan fingerprint density at radius 1 is 1.34 bits per heavy atom. The lowest BCUT2D eigenvalue weighted by atomic mass is 10.1. The molecule has 0 bridgehead atoms. The number of morpholine rings is 1. The molecule has 1 unspecified atom stereocenters. The van der Waals surface area contributed by atoms with E-state index >= 15 is 0 Å². The molecular weight excluding hydrogens is 584 g/mol. The van der Waals surface area contributed by atoms with Crippen LogP contribution in [0.15, 0.2) is 43.1 Å². The van der Waals surface area contributed by atoms with E-state index in [4.69, 9.17) is 20.8 Å². The maximum Gasteiger partial charge on any atom is 0.290 e. The predicted molar refractivity (Wildman–Crippen MR) is 129 cm³/mol. The van der Waals surface area contributed by atoms with Crippen molar-refractivity contribution in [3.63, 3.8) is 0 Å². The fourth-order valence-electron chi connectivity index (χ4n) is 3.74. The van der Waals surface area contributed by atoms with Crippen molar-refractivity contribution in [1.82, 2.24) is 19.9 Å². The van der Waals surface area contributed by atoms with Gasteiger partial charge < -0.3 is 14.1 Å². The molecule has 1 saturated heterocycles. The number of hydrogen-bond donors (Lipinski definition) is 0. The first kappa shape index (κ1) is 22.1. The van der Waals surface area contributed by atoms with E-state index in [-0.39, 0.29) is 12.0 Å². The topological polar surface area (TPSA) is 73.4 Å². The molecule has 1 aliphatic rings. The number of carbonyl (C=O) groups excluding carboxylic acids is 1. The molecule has 0 aliphatic carbocycles. The summed E-state index contributed by atoms with van der Waals surface area (Å²) in [5, 5.41) is 9.91. The molecule has 32 heavy (non-hydrogen) atoms. The second kappa shape index (κ2) is 8.90. The number of fused-ring (bicyclic) bond motifs is 1. The van der Waals surface area contributed by atoms with E-state index in [1.807, 2.05) is 25.3 Å². The molecule has 1 aliphatic heterocycles. The normalized spacial score (nSPS) is 16.8. The summed E-state index contributed by atoms with van der Waals surface area (Å²) >= 11 is 14.8. The Hall–Kier alpha value is -1.72. The molecule has 0 radical (unpaired) electrons. The molecule has 3 aromatic heterocycles. The van der Waals surface area contributed by atoms with Crippen LogP contribution < -0.4 is 0 Å². The van der Waals surface area contributed by atoms with Gasteiger partial charge in [-0.2, -0.15) is 0 Å². The number of carbonyl (C=O) groups is 1. The minimum absolute atomic E-state index is 0.175. The quantitative estimate of drug-likeness (QED) is 0.295. The molecule has 5 rings (SSSR count). The maximum absolute atomic E-state index is 13.3. The molecule has 0 spiro atoms. The van der Waals surface area contributed by atoms with Crippen LogP contribution in [0.5, 0.6) is 0 Å². The summed E-state index contributed by atoms with van der Waals surface area (Å²) in [6.45, 7) is 3.77. The number of halogens is 3. The van der Waals surface area contributed by atoms with E-state index in [0.717, 1.165) is 19.2 Å². The predicted octanol–water partition coefficient (Wildman–Crippen LogP) is 5.83. The molecule has 7 nitrogen and oxygen atoms in total. The van der Waals surface area contributed by atoms with E-state index in [2.05, 4.69) is 48.2 Å². The fourth-order valence-corrected chi connectivity index (χ4v) is 6.11. The van der Waals surface area contributed by atoms with Crippen molar-refractivity contribution in [3.8, 4) is 0 Å². The third-order valence-corrected chi connectivity index (χ3v) is 7.75. The largest absolute Gasteiger partial charge is 0.449 e. The second-order valence-corrected chi connectivity index (χ2v) is 11.3. The number of furan rings is 1. The second-order valence-electron chi connectivity index (χ2n) is 7.48. The summed E-state index contributed by atoms with van der Waals surface area (Å²) in [6.07, 6.45) is 1.53. The molecule has 0 saturated carbocycles. The monoisotopic (exact) mass is 598 g/mol. The van der Waals surface area contributed by atoms with Gasteiger partial charge in [-0.1, -0.05) is 16.8 Å². The first-order valence-corrected chi connectivity index (χ1v) is 12.6. The van der Waals surface area contributed by atoms with Crippen molar-refractivity contribution in [3.05, 3.63) is 65.6 Å². The van der Waals surface area contributed by atoms with Crippen molar-refractivity contribution in [2.75, 3.05) is 19.7 Å². The van der Waals surface area contributed by atoms with Crippen molar-refractivity contribution in [1.29, 1.82) is 0 Å². The lowest BCUT2D eigenvalue weighted by Gasteiger charge is -2.31. The Morgan fingerprint density at radius 2 is 2.19 bits per heavy atom. The maximum atomic E-state index is 13.3. The van der Waals surface area contributed by atoms with Gasteiger partial charge in [0, 0.05) is 27.4 Å². The minimum Gasteiger partial charge on any atom is -0.449 e. The average Bonchev–Trinajstić information content (AvgIpc) is 3.48. The van der Waals surface area contributed by atoms with Gasteiger partial charge in [0.25, 0.3) is 5.91 Å². The number of aromatic nitrogens is 3. The third-order valence-electron chi connectivity index (χ3n) is 5.34. The SMILES string of the molecule is Cc1c(C(=O)N2CCOC(c3cn(Cc4ccc(Br)s4)nn3)C2)oc2c(Br)cc(Cl)cc12. The van der Waals surface area contributed by atoms with Crippen molar-refractivity contribution in [2.45, 2.75) is 19.6 Å². The molecule has 1 aromatic carbocycles. The average molecular weight is 601 g/mol. The van der Waals surface area contributed by atoms with Crippen LogP contribution in [-0.4, -0.2) is 45.5 Å². The van der Waals surface area contributed by atoms with Crippen LogP contribution in [0.25, 0.3) is 11.0 Å². The van der Waals surface area contributed by atoms with Crippen LogP contribution in [0.3, 0.4) is 0 Å². The lowest BCUT2D eigenvalue weighted by Crippen LogP contribution is -2.42. The highest BCUT2D eigenvalue weighted by atomic mass is 79.9. The van der Waals surface area contributed by atoms with Gasteiger partial charge in [-0.05, 0) is 63.0 Å². The Labute approximate surface area is 209 Å². The van der Waals surface area contributed by atoms with Gasteiger partial charge in [-0.15, -0.1) is 16.4 Å². The van der Waals surface area contributed by atoms with E-state index < -0.39 is 0 Å². The Bertz CT molecular complexity index is 1320. The van der Waals surface area contributed by atoms with Crippen LogP contribution >= 0.6 is 54.8 Å². The van der Waals surface area contributed by atoms with Crippen molar-refractivity contribution < 1.29 is 13.9 Å². The Kier molecular flexibility index (Phi) is 6.15. The number of rotatable bonds is 4. The first-order valence-electron chi connectivity index (χ1n) is 9.82. The van der Waals surface area contributed by atoms with E-state index in [9.17, 15) is 4.79 Å². The van der Waals surface area contributed by atoms with Crippen LogP contribution in [0.4, 0.5) is 0 Å². The highest BCUT2D eigenvalue weighted by molar-refractivity contribution is 9.11. The van der Waals surface area contributed by atoms with Crippen LogP contribution in [0.2, 0.25) is 5.02 Å². The smallest absolute Gasteiger partial charge is 0.290 e. The summed E-state index contributed by atoms with van der Waals surface area (Å²) in [4.78, 5) is 16.2. The first-order chi connectivity index (χ1) is 15.4. The summed E-state index contributed by atoms with van der Waals surface area (Å²) in [7, 11) is 0. The zero-order chi connectivity index (χ0) is 22.4. The van der Waals surface area contributed by atoms with Crippen LogP contribution in [-0.2, 0) is 11.3 Å². The van der Waals surface area contributed by atoms with E-state index in [1.165, 1.54) is 4.88 Å². The zero-order valence-corrected chi connectivity index (χ0v) is 21.6. The standard InChI is InChI=1S/C21H17Br2ClN4O3S/c1-11-14-6-12(24)7-15(22)20(14)31-19(11)21(29)27-4-5-30-17(10-27)16-9-28(26-25-16)8-13-2-3-18(23)32-13/h2-3,6-7,9,17H,4-5,8,10H2,1H3. The van der Waals surface area contributed by atoms with Gasteiger partial charge in [-0.3, -0.25) is 4.79 Å². The summed E-state index contributed by atoms with van der Waals surface area (Å²) < 4.78 is 15.4. The molecule has 1 atom stereocenters. The van der Waals surface area contributed by atoms with Gasteiger partial charge >= 0.3 is 0 Å². The molecule has 0 N–H and O–H groups in total. The molecule has 1 amide bonds. The molecular formula is C21H17Br2ClN4O3S.